The van der Waals surface area contributed by atoms with E-state index in [9.17, 15) is 5.11 Å². The highest BCUT2D eigenvalue weighted by Crippen LogP contribution is 2.27. The second kappa shape index (κ2) is 2.24. The second-order valence-corrected chi connectivity index (χ2v) is 2.96. The molecule has 57 valence electrons. The molecule has 0 amide bonds. The van der Waals surface area contributed by atoms with Crippen LogP contribution >= 0.6 is 0 Å². The summed E-state index contributed by atoms with van der Waals surface area (Å²) in [6.07, 6.45) is 0. The van der Waals surface area contributed by atoms with E-state index >= 15 is 0 Å². The minimum atomic E-state index is 0.404. The molecule has 0 bridgehead atoms. The van der Waals surface area contributed by atoms with E-state index in [2.05, 4.69) is 11.4 Å². The van der Waals surface area contributed by atoms with Crippen molar-refractivity contribution in [2.45, 2.75) is 20.0 Å². The van der Waals surface area contributed by atoms with Crippen molar-refractivity contribution in [1.82, 2.24) is 5.32 Å². The van der Waals surface area contributed by atoms with Gasteiger partial charge in [-0.2, -0.15) is 0 Å². The maximum absolute atomic E-state index is 9.45. The molecular formula is C9H10NO. The quantitative estimate of drug-likeness (QED) is 0.591. The van der Waals surface area contributed by atoms with Gasteiger partial charge in [-0.25, -0.2) is 5.32 Å². The van der Waals surface area contributed by atoms with Crippen molar-refractivity contribution in [2.75, 3.05) is 0 Å². The van der Waals surface area contributed by atoms with E-state index in [1.165, 1.54) is 5.56 Å². The standard InChI is InChI=1S/C9H10NO/c1-6-2-7-4-10-5-8(7)9(11)3-6/h2-3,11H,4-5H2,1H3. The average Bonchev–Trinajstić information content (AvgIpc) is 2.34. The highest BCUT2D eigenvalue weighted by atomic mass is 16.3. The van der Waals surface area contributed by atoms with E-state index in [-0.39, 0.29) is 0 Å². The topological polar surface area (TPSA) is 34.3 Å². The number of aromatic hydroxyl groups is 1. The van der Waals surface area contributed by atoms with Crippen molar-refractivity contribution in [1.29, 1.82) is 0 Å². The van der Waals surface area contributed by atoms with Crippen molar-refractivity contribution < 1.29 is 5.11 Å². The summed E-state index contributed by atoms with van der Waals surface area (Å²) in [4.78, 5) is 0. The van der Waals surface area contributed by atoms with E-state index in [1.807, 2.05) is 6.92 Å². The maximum Gasteiger partial charge on any atom is 0.120 e. The van der Waals surface area contributed by atoms with Crippen LogP contribution in [-0.4, -0.2) is 5.11 Å². The number of phenolic OH excluding ortho intramolecular Hbond substituents is 1. The summed E-state index contributed by atoms with van der Waals surface area (Å²) in [7, 11) is 0. The molecule has 1 N–H and O–H groups in total. The number of benzene rings is 1. The van der Waals surface area contributed by atoms with Crippen LogP contribution in [0.1, 0.15) is 16.7 Å². The normalized spacial score (nSPS) is 15.0. The van der Waals surface area contributed by atoms with Crippen LogP contribution in [0, 0.1) is 6.92 Å². The van der Waals surface area contributed by atoms with Crippen LogP contribution < -0.4 is 5.32 Å². The molecule has 11 heavy (non-hydrogen) atoms. The highest BCUT2D eigenvalue weighted by Gasteiger charge is 2.14. The number of aryl methyl sites for hydroxylation is 1. The second-order valence-electron chi connectivity index (χ2n) is 2.96. The van der Waals surface area contributed by atoms with E-state index in [0.29, 0.717) is 12.3 Å². The van der Waals surface area contributed by atoms with Gasteiger partial charge in [0.1, 0.15) is 5.75 Å². The molecule has 1 aliphatic rings. The third-order valence-corrected chi connectivity index (χ3v) is 2.02. The van der Waals surface area contributed by atoms with Gasteiger partial charge >= 0.3 is 0 Å². The van der Waals surface area contributed by atoms with Gasteiger partial charge in [-0.05, 0) is 24.1 Å². The lowest BCUT2D eigenvalue weighted by Crippen LogP contribution is -1.89. The fourth-order valence-electron chi connectivity index (χ4n) is 1.48. The number of hydrogen-bond acceptors (Lipinski definition) is 1. The molecule has 0 saturated carbocycles. The zero-order valence-electron chi connectivity index (χ0n) is 6.46. The highest BCUT2D eigenvalue weighted by molar-refractivity contribution is 5.44. The first-order valence-electron chi connectivity index (χ1n) is 3.72. The minimum absolute atomic E-state index is 0.404. The Labute approximate surface area is 65.9 Å². The lowest BCUT2D eigenvalue weighted by Gasteiger charge is -2.01. The predicted octanol–water partition coefficient (Wildman–Crippen LogP) is 1.32. The molecule has 2 heteroatoms. The van der Waals surface area contributed by atoms with E-state index < -0.39 is 0 Å². The summed E-state index contributed by atoms with van der Waals surface area (Å²) in [6.45, 7) is 3.43. The Balaban J connectivity index is 2.60. The van der Waals surface area contributed by atoms with Gasteiger partial charge in [-0.3, -0.25) is 0 Å². The first kappa shape index (κ1) is 6.68. The first-order chi connectivity index (χ1) is 5.27. The molecule has 1 radical (unpaired) electrons. The van der Waals surface area contributed by atoms with Crippen molar-refractivity contribution in [3.8, 4) is 5.75 Å². The number of nitrogens with zero attached hydrogens (tertiary/aromatic N) is 1. The smallest absolute Gasteiger partial charge is 0.120 e. The molecule has 0 aliphatic carbocycles. The SMILES string of the molecule is Cc1cc(O)c2c(c1)C[N]C2. The molecule has 1 aromatic carbocycles. The molecule has 2 nitrogen and oxygen atoms in total. The third kappa shape index (κ3) is 0.994. The Kier molecular flexibility index (Phi) is 1.36. The van der Waals surface area contributed by atoms with Gasteiger partial charge in [0, 0.05) is 18.7 Å². The van der Waals surface area contributed by atoms with Crippen LogP contribution in [-0.2, 0) is 13.1 Å². The molecule has 1 heterocycles. The van der Waals surface area contributed by atoms with Crippen molar-refractivity contribution in [2.24, 2.45) is 0 Å². The molecule has 0 fully saturated rings. The Morgan fingerprint density at radius 3 is 3.00 bits per heavy atom. The van der Waals surface area contributed by atoms with Gasteiger partial charge in [-0.15, -0.1) is 0 Å². The summed E-state index contributed by atoms with van der Waals surface area (Å²) in [5.74, 6) is 0.404. The summed E-state index contributed by atoms with van der Waals surface area (Å²) in [6, 6.07) is 3.88. The number of fused-ring (bicyclic) bond motifs is 1. The van der Waals surface area contributed by atoms with Crippen molar-refractivity contribution in [3.63, 3.8) is 0 Å². The van der Waals surface area contributed by atoms with Crippen LogP contribution in [0.5, 0.6) is 5.75 Å². The van der Waals surface area contributed by atoms with Crippen molar-refractivity contribution >= 4 is 0 Å². The van der Waals surface area contributed by atoms with Crippen molar-refractivity contribution in [3.05, 3.63) is 28.8 Å². The van der Waals surface area contributed by atoms with E-state index in [4.69, 9.17) is 0 Å². The maximum atomic E-state index is 9.45. The summed E-state index contributed by atoms with van der Waals surface area (Å²) in [5, 5.41) is 13.6. The van der Waals surface area contributed by atoms with Crippen LogP contribution in [0.25, 0.3) is 0 Å². The molecule has 0 unspecified atom stereocenters. The lowest BCUT2D eigenvalue weighted by molar-refractivity contribution is 0.467. The molecule has 1 aliphatic heterocycles. The van der Waals surface area contributed by atoms with Gasteiger partial charge in [-0.1, -0.05) is 6.07 Å². The molecule has 0 spiro atoms. The van der Waals surface area contributed by atoms with E-state index in [1.54, 1.807) is 6.07 Å². The van der Waals surface area contributed by atoms with Crippen LogP contribution in [0.4, 0.5) is 0 Å². The Morgan fingerprint density at radius 1 is 1.36 bits per heavy atom. The zero-order valence-corrected chi connectivity index (χ0v) is 6.46. The molecule has 1 aromatic rings. The number of hydrogen-bond donors (Lipinski definition) is 1. The lowest BCUT2D eigenvalue weighted by atomic mass is 10.1. The minimum Gasteiger partial charge on any atom is -0.508 e. The molecular weight excluding hydrogens is 138 g/mol. The predicted molar refractivity (Wildman–Crippen MR) is 42.4 cm³/mol. The van der Waals surface area contributed by atoms with Crippen LogP contribution in [0.3, 0.4) is 0 Å². The molecule has 0 atom stereocenters. The molecule has 2 rings (SSSR count). The fourth-order valence-corrected chi connectivity index (χ4v) is 1.48. The van der Waals surface area contributed by atoms with Crippen LogP contribution in [0.15, 0.2) is 12.1 Å². The Morgan fingerprint density at radius 2 is 2.18 bits per heavy atom. The van der Waals surface area contributed by atoms with Crippen LogP contribution in [0.2, 0.25) is 0 Å². The summed E-state index contributed by atoms with van der Waals surface area (Å²) in [5.41, 5.74) is 3.30. The summed E-state index contributed by atoms with van der Waals surface area (Å²) >= 11 is 0. The number of rotatable bonds is 0. The largest absolute Gasteiger partial charge is 0.508 e. The van der Waals surface area contributed by atoms with Gasteiger partial charge < -0.3 is 5.11 Å². The summed E-state index contributed by atoms with van der Waals surface area (Å²) < 4.78 is 0. The zero-order chi connectivity index (χ0) is 7.84. The monoisotopic (exact) mass is 148 g/mol. The first-order valence-corrected chi connectivity index (χ1v) is 3.72. The molecule has 0 saturated heterocycles. The van der Waals surface area contributed by atoms with Gasteiger partial charge in [0.15, 0.2) is 0 Å². The van der Waals surface area contributed by atoms with E-state index in [0.717, 1.165) is 17.7 Å². The number of phenols is 1. The van der Waals surface area contributed by atoms with Gasteiger partial charge in [0.25, 0.3) is 0 Å². The van der Waals surface area contributed by atoms with Gasteiger partial charge in [0.2, 0.25) is 0 Å². The Hall–Kier alpha value is -1.02. The van der Waals surface area contributed by atoms with Gasteiger partial charge in [0.05, 0.1) is 0 Å². The Bertz CT molecular complexity index is 294. The third-order valence-electron chi connectivity index (χ3n) is 2.02. The average molecular weight is 148 g/mol. The fraction of sp³-hybridized carbons (Fsp3) is 0.333. The molecule has 0 aromatic heterocycles.